The van der Waals surface area contributed by atoms with E-state index < -0.39 is 0 Å². The number of carbonyl (C=O) groups is 2. The van der Waals surface area contributed by atoms with Crippen molar-refractivity contribution in [1.82, 2.24) is 14.8 Å². The zero-order valence-electron chi connectivity index (χ0n) is 22.8. The molecule has 2 heterocycles. The molecule has 2 aliphatic rings. The topological polar surface area (TPSA) is 103 Å². The third kappa shape index (κ3) is 5.57. The Labute approximate surface area is 225 Å². The molecule has 0 atom stereocenters. The van der Waals surface area contributed by atoms with E-state index in [9.17, 15) is 9.59 Å². The number of hydrogen-bond donors (Lipinski definition) is 2. The number of nitrogen functional groups attached to an aromatic ring is 1. The maximum absolute atomic E-state index is 13.5. The van der Waals surface area contributed by atoms with Crippen LogP contribution >= 0.6 is 0 Å². The number of nitrogens with two attached hydrogens (primary N) is 1. The number of unbranched alkanes of at least 4 members (excludes halogenated alkanes) is 1. The predicted octanol–water partition coefficient (Wildman–Crippen LogP) is 5.07. The maximum Gasteiger partial charge on any atom is 0.253 e. The molecule has 1 aliphatic heterocycles. The number of anilines is 1. The van der Waals surface area contributed by atoms with Gasteiger partial charge in [-0.2, -0.15) is 0 Å². The van der Waals surface area contributed by atoms with Crippen molar-refractivity contribution in [2.45, 2.75) is 59.3 Å². The van der Waals surface area contributed by atoms with Gasteiger partial charge in [0.1, 0.15) is 0 Å². The minimum atomic E-state index is 0.00737. The molecule has 1 aromatic carbocycles. The highest BCUT2D eigenvalue weighted by molar-refractivity contribution is 6.05. The van der Waals surface area contributed by atoms with Gasteiger partial charge in [-0.3, -0.25) is 9.59 Å². The number of pyridine rings is 1. The lowest BCUT2D eigenvalue weighted by Crippen LogP contribution is -2.50. The number of amides is 2. The molecule has 3 N–H and O–H groups in total. The molecule has 1 aromatic heterocycles. The van der Waals surface area contributed by atoms with E-state index >= 15 is 0 Å². The Morgan fingerprint density at radius 1 is 1.05 bits per heavy atom. The third-order valence-corrected chi connectivity index (χ3v) is 7.63. The van der Waals surface area contributed by atoms with Crippen LogP contribution in [0.15, 0.2) is 42.0 Å². The number of aromatic nitrogens is 1. The molecule has 1 saturated heterocycles. The van der Waals surface area contributed by atoms with Gasteiger partial charge in [0, 0.05) is 61.5 Å². The quantitative estimate of drug-likeness (QED) is 0.233. The lowest BCUT2D eigenvalue weighted by atomic mass is 9.84. The Morgan fingerprint density at radius 2 is 1.74 bits per heavy atom. The number of fused-ring (bicyclic) bond motifs is 3. The lowest BCUT2D eigenvalue weighted by molar-refractivity contribution is -0.136. The maximum atomic E-state index is 13.5. The molecule has 0 saturated carbocycles. The molecular formula is C31H39N5O2. The standard InChI is InChI=1S/C31H39N5O2/c1-4-6-9-23(31(38)36-18-16-35(17-19-36)21(3)37)13-12-22(5-2)30-25-11-8-7-10-24(25)29-26(20-32)27(33)14-15-28(29)34-30/h5,9,12-15,20,32H,4,6-8,10-11,16-19,33H2,1-3H3/b13-12-,22-5+,23-9-,32-20?. The molecule has 7 nitrogen and oxygen atoms in total. The van der Waals surface area contributed by atoms with Crippen molar-refractivity contribution < 1.29 is 9.59 Å². The Bertz CT molecular complexity index is 1330. The Hall–Kier alpha value is -3.74. The first-order valence-corrected chi connectivity index (χ1v) is 13.7. The molecule has 4 rings (SSSR count). The van der Waals surface area contributed by atoms with Crippen LogP contribution in [0.3, 0.4) is 0 Å². The van der Waals surface area contributed by atoms with E-state index in [0.29, 0.717) is 37.4 Å². The van der Waals surface area contributed by atoms with Crippen molar-refractivity contribution in [2.75, 3.05) is 31.9 Å². The number of carbonyl (C=O) groups excluding carboxylic acids is 2. The van der Waals surface area contributed by atoms with E-state index in [-0.39, 0.29) is 11.8 Å². The van der Waals surface area contributed by atoms with Crippen molar-refractivity contribution in [3.05, 3.63) is 64.4 Å². The minimum absolute atomic E-state index is 0.00737. The highest BCUT2D eigenvalue weighted by atomic mass is 16.2. The molecule has 0 radical (unpaired) electrons. The summed E-state index contributed by atoms with van der Waals surface area (Å²) in [4.78, 5) is 33.9. The number of nitrogens with one attached hydrogen (secondary N) is 1. The van der Waals surface area contributed by atoms with Crippen LogP contribution in [0.4, 0.5) is 5.69 Å². The van der Waals surface area contributed by atoms with Gasteiger partial charge in [0.05, 0.1) is 11.2 Å². The SMILES string of the molecule is C\C=C(/C=C\C(=C\CCC)C(=O)N1CCN(C(C)=O)CC1)c1nc2ccc(N)c(C=N)c2c2c1CCCC2. The number of nitrogens with zero attached hydrogens (tertiary/aromatic N) is 3. The number of piperazine rings is 1. The van der Waals surface area contributed by atoms with Gasteiger partial charge < -0.3 is 20.9 Å². The third-order valence-electron chi connectivity index (χ3n) is 7.63. The van der Waals surface area contributed by atoms with Crippen LogP contribution in [0.25, 0.3) is 16.5 Å². The molecule has 2 amide bonds. The molecule has 0 bridgehead atoms. The summed E-state index contributed by atoms with van der Waals surface area (Å²) >= 11 is 0. The van der Waals surface area contributed by atoms with Crippen LogP contribution in [0.2, 0.25) is 0 Å². The van der Waals surface area contributed by atoms with E-state index in [1.165, 1.54) is 17.3 Å². The second-order valence-electron chi connectivity index (χ2n) is 10.1. The summed E-state index contributed by atoms with van der Waals surface area (Å²) in [7, 11) is 0. The van der Waals surface area contributed by atoms with E-state index in [2.05, 4.69) is 13.0 Å². The number of benzene rings is 1. The first kappa shape index (κ1) is 27.3. The first-order chi connectivity index (χ1) is 18.4. The highest BCUT2D eigenvalue weighted by Gasteiger charge is 2.25. The first-order valence-electron chi connectivity index (χ1n) is 13.7. The van der Waals surface area contributed by atoms with E-state index in [1.807, 2.05) is 42.2 Å². The molecule has 7 heteroatoms. The van der Waals surface area contributed by atoms with Crippen LogP contribution in [0, 0.1) is 5.41 Å². The number of aryl methyl sites for hydroxylation is 1. The van der Waals surface area contributed by atoms with Gasteiger partial charge in [-0.05, 0) is 73.9 Å². The Kier molecular flexibility index (Phi) is 8.77. The van der Waals surface area contributed by atoms with Gasteiger partial charge in [-0.1, -0.05) is 31.6 Å². The molecule has 200 valence electrons. The van der Waals surface area contributed by atoms with Gasteiger partial charge >= 0.3 is 0 Å². The van der Waals surface area contributed by atoms with Gasteiger partial charge in [0.15, 0.2) is 0 Å². The van der Waals surface area contributed by atoms with Gasteiger partial charge in [-0.15, -0.1) is 0 Å². The lowest BCUT2D eigenvalue weighted by Gasteiger charge is -2.34. The Balaban J connectivity index is 1.69. The molecule has 38 heavy (non-hydrogen) atoms. The number of hydrogen-bond acceptors (Lipinski definition) is 5. The fraction of sp³-hybridized carbons (Fsp3) is 0.419. The summed E-state index contributed by atoms with van der Waals surface area (Å²) in [5.74, 6) is 0.0612. The second-order valence-corrected chi connectivity index (χ2v) is 10.1. The summed E-state index contributed by atoms with van der Waals surface area (Å²) < 4.78 is 0. The Morgan fingerprint density at radius 3 is 2.37 bits per heavy atom. The van der Waals surface area contributed by atoms with Crippen LogP contribution in [0.5, 0.6) is 0 Å². The molecule has 1 aliphatic carbocycles. The zero-order chi connectivity index (χ0) is 27.2. The average molecular weight is 514 g/mol. The normalized spacial score (nSPS) is 16.7. The average Bonchev–Trinajstić information content (AvgIpc) is 2.94. The largest absolute Gasteiger partial charge is 0.398 e. The summed E-state index contributed by atoms with van der Waals surface area (Å²) in [6.07, 6.45) is 15.2. The summed E-state index contributed by atoms with van der Waals surface area (Å²) in [5, 5.41) is 8.97. The fourth-order valence-electron chi connectivity index (χ4n) is 5.48. The van der Waals surface area contributed by atoms with Crippen molar-refractivity contribution in [3.63, 3.8) is 0 Å². The van der Waals surface area contributed by atoms with Crippen LogP contribution in [-0.4, -0.2) is 59.0 Å². The molecule has 0 spiro atoms. The van der Waals surface area contributed by atoms with E-state index in [1.54, 1.807) is 11.8 Å². The van der Waals surface area contributed by atoms with Gasteiger partial charge in [0.25, 0.3) is 5.91 Å². The second kappa shape index (κ2) is 12.2. The molecule has 0 unspecified atom stereocenters. The van der Waals surface area contributed by atoms with Crippen LogP contribution in [0.1, 0.15) is 68.8 Å². The molecule has 2 aromatic rings. The molecular weight excluding hydrogens is 474 g/mol. The van der Waals surface area contributed by atoms with E-state index in [4.69, 9.17) is 16.1 Å². The minimum Gasteiger partial charge on any atom is -0.398 e. The summed E-state index contributed by atoms with van der Waals surface area (Å²) in [6, 6.07) is 3.78. The predicted molar refractivity (Wildman–Crippen MR) is 155 cm³/mol. The number of allylic oxidation sites excluding steroid dienone is 4. The fourth-order valence-corrected chi connectivity index (χ4v) is 5.48. The van der Waals surface area contributed by atoms with Crippen LogP contribution < -0.4 is 5.73 Å². The smallest absolute Gasteiger partial charge is 0.253 e. The summed E-state index contributed by atoms with van der Waals surface area (Å²) in [6.45, 7) is 7.92. The van der Waals surface area contributed by atoms with Crippen molar-refractivity contribution in [2.24, 2.45) is 0 Å². The van der Waals surface area contributed by atoms with Gasteiger partial charge in [-0.25, -0.2) is 4.98 Å². The van der Waals surface area contributed by atoms with Crippen molar-refractivity contribution >= 4 is 40.2 Å². The zero-order valence-corrected chi connectivity index (χ0v) is 22.8. The monoisotopic (exact) mass is 513 g/mol. The van der Waals surface area contributed by atoms with Crippen molar-refractivity contribution in [3.8, 4) is 0 Å². The number of rotatable bonds is 7. The summed E-state index contributed by atoms with van der Waals surface area (Å²) in [5.41, 5.74) is 13.5. The molecule has 1 fully saturated rings. The highest BCUT2D eigenvalue weighted by Crippen LogP contribution is 2.36. The van der Waals surface area contributed by atoms with Crippen molar-refractivity contribution in [1.29, 1.82) is 5.41 Å². The van der Waals surface area contributed by atoms with Crippen LogP contribution in [-0.2, 0) is 22.4 Å². The van der Waals surface area contributed by atoms with Gasteiger partial charge in [0.2, 0.25) is 5.91 Å². The van der Waals surface area contributed by atoms with E-state index in [0.717, 1.165) is 66.3 Å².